The van der Waals surface area contributed by atoms with E-state index in [1.165, 1.54) is 0 Å². The van der Waals surface area contributed by atoms with Crippen molar-refractivity contribution in [1.82, 2.24) is 4.98 Å². The van der Waals surface area contributed by atoms with Gasteiger partial charge in [-0.25, -0.2) is 4.98 Å². The van der Waals surface area contributed by atoms with Gasteiger partial charge in [0.15, 0.2) is 12.1 Å². The SMILES string of the molecule is C[C@@H]1[C@H](CSc2nc(-c3ccccc3)c(-c3ccccc3)o2)O[C@H](c2cccc(-c3cccc(CN)c3)c2)O[C@@H]1c1ccc(CO)cc1. The quantitative estimate of drug-likeness (QED) is 0.142. The maximum absolute atomic E-state index is 9.65. The van der Waals surface area contributed by atoms with Crippen molar-refractivity contribution in [3.05, 3.63) is 156 Å². The number of nitrogens with two attached hydrogens (primary N) is 1. The van der Waals surface area contributed by atoms with Crippen molar-refractivity contribution in [2.75, 3.05) is 5.75 Å². The Kier molecular flexibility index (Phi) is 9.84. The van der Waals surface area contributed by atoms with Crippen LogP contribution in [0.2, 0.25) is 0 Å². The summed E-state index contributed by atoms with van der Waals surface area (Å²) < 4.78 is 20.0. The Hall–Kier alpha value is -4.50. The standard InChI is InChI=1S/C41H38N2O4S/c1-27-36(26-48-41-43-37(30-11-4-2-5-12-30)39(47-41)31-13-6-3-7-14-31)45-40(46-38(27)32-20-18-28(25-44)19-21-32)35-17-9-16-34(23-35)33-15-8-10-29(22-33)24-42/h2-23,27,36,38,40,44H,24-26,42H2,1H3/t27-,36+,38+,40+/m1/s1. The lowest BCUT2D eigenvalue weighted by atomic mass is 9.91. The number of oxazole rings is 1. The van der Waals surface area contributed by atoms with E-state index in [1.54, 1.807) is 11.8 Å². The highest BCUT2D eigenvalue weighted by Gasteiger charge is 2.39. The lowest BCUT2D eigenvalue weighted by molar-refractivity contribution is -0.268. The van der Waals surface area contributed by atoms with Gasteiger partial charge in [0.05, 0.1) is 18.8 Å². The van der Waals surface area contributed by atoms with E-state index in [2.05, 4.69) is 49.4 Å². The Morgan fingerprint density at radius 3 is 2.06 bits per heavy atom. The monoisotopic (exact) mass is 654 g/mol. The van der Waals surface area contributed by atoms with Crippen LogP contribution in [0.1, 0.15) is 41.6 Å². The van der Waals surface area contributed by atoms with Crippen molar-refractivity contribution in [3.63, 3.8) is 0 Å². The molecule has 1 saturated heterocycles. The third kappa shape index (κ3) is 7.02. The first kappa shape index (κ1) is 32.1. The molecule has 48 heavy (non-hydrogen) atoms. The highest BCUT2D eigenvalue weighted by atomic mass is 32.2. The van der Waals surface area contributed by atoms with Crippen LogP contribution in [0.5, 0.6) is 0 Å². The van der Waals surface area contributed by atoms with E-state index in [0.29, 0.717) is 17.5 Å². The molecular weight excluding hydrogens is 617 g/mol. The molecule has 0 spiro atoms. The summed E-state index contributed by atoms with van der Waals surface area (Å²) in [7, 11) is 0. The van der Waals surface area contributed by atoms with E-state index in [4.69, 9.17) is 24.6 Å². The summed E-state index contributed by atoms with van der Waals surface area (Å²) >= 11 is 1.56. The van der Waals surface area contributed by atoms with Gasteiger partial charge in [0.2, 0.25) is 0 Å². The Balaban J connectivity index is 1.19. The van der Waals surface area contributed by atoms with E-state index in [1.807, 2.05) is 91.0 Å². The smallest absolute Gasteiger partial charge is 0.256 e. The number of aliphatic hydroxyl groups excluding tert-OH is 1. The van der Waals surface area contributed by atoms with Crippen LogP contribution in [0.3, 0.4) is 0 Å². The molecule has 1 fully saturated rings. The molecule has 3 N–H and O–H groups in total. The first-order valence-electron chi connectivity index (χ1n) is 16.2. The van der Waals surface area contributed by atoms with Gasteiger partial charge in [-0.2, -0.15) is 0 Å². The second kappa shape index (κ2) is 14.7. The molecular formula is C41H38N2O4S. The normalized spacial score (nSPS) is 19.3. The topological polar surface area (TPSA) is 90.7 Å². The highest BCUT2D eigenvalue weighted by Crippen LogP contribution is 2.44. The van der Waals surface area contributed by atoms with Gasteiger partial charge in [-0.3, -0.25) is 0 Å². The largest absolute Gasteiger partial charge is 0.431 e. The predicted octanol–water partition coefficient (Wildman–Crippen LogP) is 9.21. The number of hydrogen-bond acceptors (Lipinski definition) is 7. The maximum Gasteiger partial charge on any atom is 0.256 e. The summed E-state index contributed by atoms with van der Waals surface area (Å²) in [6.45, 7) is 2.65. The molecule has 0 unspecified atom stereocenters. The van der Waals surface area contributed by atoms with Gasteiger partial charge in [-0.05, 0) is 39.9 Å². The van der Waals surface area contributed by atoms with Crippen molar-refractivity contribution < 1.29 is 19.0 Å². The third-order valence-corrected chi connectivity index (χ3v) is 9.76. The number of rotatable bonds is 10. The highest BCUT2D eigenvalue weighted by molar-refractivity contribution is 7.99. The maximum atomic E-state index is 9.65. The van der Waals surface area contributed by atoms with Crippen LogP contribution in [0.4, 0.5) is 0 Å². The summed E-state index contributed by atoms with van der Waals surface area (Å²) in [6, 6.07) is 44.9. The van der Waals surface area contributed by atoms with Crippen LogP contribution in [0.25, 0.3) is 33.7 Å². The molecule has 6 aromatic rings. The first-order chi connectivity index (χ1) is 23.6. The third-order valence-electron chi connectivity index (χ3n) is 8.84. The van der Waals surface area contributed by atoms with Gasteiger partial charge in [-0.15, -0.1) is 0 Å². The van der Waals surface area contributed by atoms with Gasteiger partial charge in [0.25, 0.3) is 5.22 Å². The molecule has 1 aliphatic rings. The molecule has 0 bridgehead atoms. The lowest BCUT2D eigenvalue weighted by Gasteiger charge is -2.41. The minimum atomic E-state index is -0.587. The molecule has 0 radical (unpaired) electrons. The molecule has 7 heteroatoms. The van der Waals surface area contributed by atoms with E-state index in [9.17, 15) is 5.11 Å². The zero-order valence-electron chi connectivity index (χ0n) is 26.7. The second-order valence-corrected chi connectivity index (χ2v) is 13.0. The summed E-state index contributed by atoms with van der Waals surface area (Å²) in [5, 5.41) is 10.2. The summed E-state index contributed by atoms with van der Waals surface area (Å²) in [6.07, 6.45) is -0.986. The molecule has 242 valence electrons. The minimum absolute atomic E-state index is 0.00338. The predicted molar refractivity (Wildman–Crippen MR) is 191 cm³/mol. The molecule has 0 aliphatic carbocycles. The van der Waals surface area contributed by atoms with E-state index >= 15 is 0 Å². The number of aliphatic hydroxyl groups is 1. The fraction of sp³-hybridized carbons (Fsp3) is 0.195. The molecule has 1 aromatic heterocycles. The molecule has 0 saturated carbocycles. The van der Waals surface area contributed by atoms with Gasteiger partial charge >= 0.3 is 0 Å². The second-order valence-electron chi connectivity index (χ2n) is 12.1. The molecule has 5 aromatic carbocycles. The molecule has 0 amide bonds. The van der Waals surface area contributed by atoms with Crippen molar-refractivity contribution in [3.8, 4) is 33.7 Å². The Morgan fingerprint density at radius 1 is 0.688 bits per heavy atom. The van der Waals surface area contributed by atoms with Crippen LogP contribution in [-0.2, 0) is 22.6 Å². The lowest BCUT2D eigenvalue weighted by Crippen LogP contribution is -2.38. The average Bonchev–Trinajstić information content (AvgIpc) is 3.60. The van der Waals surface area contributed by atoms with Crippen molar-refractivity contribution >= 4 is 11.8 Å². The number of nitrogens with zero attached hydrogens (tertiary/aromatic N) is 1. The average molecular weight is 655 g/mol. The minimum Gasteiger partial charge on any atom is -0.431 e. The fourth-order valence-electron chi connectivity index (χ4n) is 6.15. The van der Waals surface area contributed by atoms with Crippen LogP contribution in [0, 0.1) is 5.92 Å². The number of thioether (sulfide) groups is 1. The Bertz CT molecular complexity index is 1890. The van der Waals surface area contributed by atoms with Crippen LogP contribution in [-0.4, -0.2) is 21.9 Å². The summed E-state index contributed by atoms with van der Waals surface area (Å²) in [4.78, 5) is 4.98. The van der Waals surface area contributed by atoms with Gasteiger partial charge in [0, 0.05) is 34.9 Å². The number of aromatic nitrogens is 1. The summed E-state index contributed by atoms with van der Waals surface area (Å²) in [5.74, 6) is 1.39. The number of hydrogen-bond donors (Lipinski definition) is 2. The summed E-state index contributed by atoms with van der Waals surface area (Å²) in [5.41, 5.74) is 14.8. The fourth-order valence-corrected chi connectivity index (χ4v) is 7.13. The van der Waals surface area contributed by atoms with Gasteiger partial charge < -0.3 is 24.7 Å². The van der Waals surface area contributed by atoms with E-state index in [0.717, 1.165) is 56.0 Å². The molecule has 6 nitrogen and oxygen atoms in total. The zero-order chi connectivity index (χ0) is 32.9. The van der Waals surface area contributed by atoms with Crippen molar-refractivity contribution in [2.24, 2.45) is 11.7 Å². The Labute approximate surface area is 285 Å². The van der Waals surface area contributed by atoms with Crippen LogP contribution < -0.4 is 5.73 Å². The van der Waals surface area contributed by atoms with Crippen LogP contribution in [0.15, 0.2) is 143 Å². The number of ether oxygens (including phenoxy) is 2. The number of benzene rings is 5. The molecule has 1 aliphatic heterocycles. The van der Waals surface area contributed by atoms with Crippen LogP contribution >= 0.6 is 11.8 Å². The Morgan fingerprint density at radius 2 is 1.35 bits per heavy atom. The van der Waals surface area contributed by atoms with Gasteiger partial charge in [0.1, 0.15) is 5.69 Å². The van der Waals surface area contributed by atoms with Crippen molar-refractivity contribution in [1.29, 1.82) is 0 Å². The van der Waals surface area contributed by atoms with E-state index < -0.39 is 6.29 Å². The van der Waals surface area contributed by atoms with E-state index in [-0.39, 0.29) is 24.7 Å². The zero-order valence-corrected chi connectivity index (χ0v) is 27.6. The van der Waals surface area contributed by atoms with Crippen molar-refractivity contribution in [2.45, 2.75) is 43.8 Å². The first-order valence-corrected chi connectivity index (χ1v) is 17.2. The van der Waals surface area contributed by atoms with Gasteiger partial charge in [-0.1, -0.05) is 140 Å². The molecule has 7 rings (SSSR count). The molecule has 2 heterocycles. The molecule has 4 atom stereocenters.